The van der Waals surface area contributed by atoms with Gasteiger partial charge in [-0.25, -0.2) is 0 Å². The Morgan fingerprint density at radius 2 is 1.83 bits per heavy atom. The Balaban J connectivity index is 1.54. The maximum absolute atomic E-state index is 11.9. The Morgan fingerprint density at radius 3 is 2.48 bits per heavy atom. The number of amides is 1. The van der Waals surface area contributed by atoms with Crippen molar-refractivity contribution in [2.45, 2.75) is 6.10 Å². The van der Waals surface area contributed by atoms with E-state index in [0.29, 0.717) is 6.10 Å². The Hall–Kier alpha value is -2.59. The van der Waals surface area contributed by atoms with Crippen LogP contribution in [0, 0.1) is 0 Å². The number of rotatable bonds is 5. The molecule has 0 spiro atoms. The molecule has 0 saturated carbocycles. The first-order chi connectivity index (χ1) is 11.2. The van der Waals surface area contributed by atoms with E-state index >= 15 is 0 Å². The molecule has 2 aromatic carbocycles. The van der Waals surface area contributed by atoms with Gasteiger partial charge < -0.3 is 15.0 Å². The van der Waals surface area contributed by atoms with E-state index in [0.717, 1.165) is 30.0 Å². The summed E-state index contributed by atoms with van der Waals surface area (Å²) in [5.41, 5.74) is 2.94. The summed E-state index contributed by atoms with van der Waals surface area (Å²) in [6.07, 6.45) is 3.67. The molecule has 0 aromatic heterocycles. The molecule has 0 radical (unpaired) electrons. The van der Waals surface area contributed by atoms with E-state index in [2.05, 4.69) is 10.2 Å². The van der Waals surface area contributed by atoms with Gasteiger partial charge >= 0.3 is 0 Å². The average Bonchev–Trinajstić information content (AvgIpc) is 2.54. The highest BCUT2D eigenvalue weighted by Crippen LogP contribution is 2.23. The summed E-state index contributed by atoms with van der Waals surface area (Å²) >= 11 is 0. The monoisotopic (exact) mass is 308 g/mol. The topological polar surface area (TPSA) is 41.6 Å². The van der Waals surface area contributed by atoms with Crippen molar-refractivity contribution in [2.75, 3.05) is 30.4 Å². The maximum Gasteiger partial charge on any atom is 0.248 e. The molecule has 0 aliphatic carbocycles. The van der Waals surface area contributed by atoms with Crippen LogP contribution in [0.4, 0.5) is 11.4 Å². The van der Waals surface area contributed by atoms with Crippen LogP contribution >= 0.6 is 0 Å². The van der Waals surface area contributed by atoms with Crippen molar-refractivity contribution >= 4 is 23.4 Å². The van der Waals surface area contributed by atoms with Crippen LogP contribution in [0.25, 0.3) is 6.08 Å². The van der Waals surface area contributed by atoms with E-state index < -0.39 is 0 Å². The zero-order valence-electron chi connectivity index (χ0n) is 13.1. The van der Waals surface area contributed by atoms with Crippen molar-refractivity contribution in [2.24, 2.45) is 0 Å². The zero-order valence-corrected chi connectivity index (χ0v) is 13.1. The lowest BCUT2D eigenvalue weighted by molar-refractivity contribution is -0.111. The molecule has 4 heteroatoms. The zero-order chi connectivity index (χ0) is 16.1. The molecule has 1 heterocycles. The summed E-state index contributed by atoms with van der Waals surface area (Å²) in [7, 11) is 1.74. The van der Waals surface area contributed by atoms with Crippen LogP contribution in [-0.2, 0) is 9.53 Å². The van der Waals surface area contributed by atoms with Crippen molar-refractivity contribution < 1.29 is 9.53 Å². The standard InChI is InChI=1S/C19H20N2O2/c1-23-18-13-21(14-18)17-10-8-16(9-11-17)20-19(22)12-7-15-5-3-2-4-6-15/h2-12,18H,13-14H2,1H3,(H,20,22)/b12-7+. The van der Waals surface area contributed by atoms with Crippen molar-refractivity contribution in [1.29, 1.82) is 0 Å². The maximum atomic E-state index is 11.9. The molecule has 1 N–H and O–H groups in total. The number of anilines is 2. The van der Waals surface area contributed by atoms with E-state index in [1.807, 2.05) is 54.6 Å². The van der Waals surface area contributed by atoms with Gasteiger partial charge in [0.1, 0.15) is 0 Å². The van der Waals surface area contributed by atoms with Crippen LogP contribution < -0.4 is 10.2 Å². The van der Waals surface area contributed by atoms with Crippen LogP contribution in [0.1, 0.15) is 5.56 Å². The molecule has 118 valence electrons. The molecular weight excluding hydrogens is 288 g/mol. The van der Waals surface area contributed by atoms with Gasteiger partial charge in [-0.1, -0.05) is 30.3 Å². The van der Waals surface area contributed by atoms with Crippen molar-refractivity contribution in [3.05, 3.63) is 66.2 Å². The summed E-state index contributed by atoms with van der Waals surface area (Å²) < 4.78 is 5.27. The van der Waals surface area contributed by atoms with Crippen molar-refractivity contribution in [3.63, 3.8) is 0 Å². The average molecular weight is 308 g/mol. The molecule has 0 unspecified atom stereocenters. The van der Waals surface area contributed by atoms with Gasteiger partial charge in [-0.15, -0.1) is 0 Å². The van der Waals surface area contributed by atoms with E-state index in [1.54, 1.807) is 19.3 Å². The van der Waals surface area contributed by atoms with Gasteiger partial charge in [0.05, 0.1) is 6.10 Å². The smallest absolute Gasteiger partial charge is 0.248 e. The lowest BCUT2D eigenvalue weighted by atomic mass is 10.1. The number of methoxy groups -OCH3 is 1. The highest BCUT2D eigenvalue weighted by atomic mass is 16.5. The predicted molar refractivity (Wildman–Crippen MR) is 93.6 cm³/mol. The quantitative estimate of drug-likeness (QED) is 0.863. The molecule has 0 bridgehead atoms. The number of carbonyl (C=O) groups is 1. The minimum absolute atomic E-state index is 0.134. The normalized spacial score (nSPS) is 14.7. The SMILES string of the molecule is COC1CN(c2ccc(NC(=O)/C=C/c3ccccc3)cc2)C1. The van der Waals surface area contributed by atoms with Gasteiger partial charge in [-0.3, -0.25) is 4.79 Å². The number of benzene rings is 2. The molecule has 3 rings (SSSR count). The van der Waals surface area contributed by atoms with Gasteiger partial charge in [0.25, 0.3) is 0 Å². The molecule has 4 nitrogen and oxygen atoms in total. The third kappa shape index (κ3) is 3.99. The fraction of sp³-hybridized carbons (Fsp3) is 0.211. The molecule has 1 amide bonds. The van der Waals surface area contributed by atoms with Gasteiger partial charge in [0.2, 0.25) is 5.91 Å². The van der Waals surface area contributed by atoms with Crippen LogP contribution in [0.5, 0.6) is 0 Å². The second-order valence-electron chi connectivity index (χ2n) is 5.54. The molecule has 1 fully saturated rings. The lowest BCUT2D eigenvalue weighted by Crippen LogP contribution is -2.51. The summed E-state index contributed by atoms with van der Waals surface area (Å²) in [6, 6.07) is 17.6. The van der Waals surface area contributed by atoms with Crippen LogP contribution in [-0.4, -0.2) is 32.2 Å². The van der Waals surface area contributed by atoms with Crippen molar-refractivity contribution in [1.82, 2.24) is 0 Å². The van der Waals surface area contributed by atoms with Gasteiger partial charge in [-0.2, -0.15) is 0 Å². The summed E-state index contributed by atoms with van der Waals surface area (Å²) in [5.74, 6) is -0.134. The Kier molecular flexibility index (Phi) is 4.74. The molecule has 1 aliphatic heterocycles. The highest BCUT2D eigenvalue weighted by Gasteiger charge is 2.26. The van der Waals surface area contributed by atoms with Gasteiger partial charge in [-0.05, 0) is 35.9 Å². The minimum atomic E-state index is -0.134. The Labute approximate surface area is 136 Å². The third-order valence-electron chi connectivity index (χ3n) is 3.91. The highest BCUT2D eigenvalue weighted by molar-refractivity contribution is 6.02. The van der Waals surface area contributed by atoms with E-state index in [-0.39, 0.29) is 5.91 Å². The fourth-order valence-corrected chi connectivity index (χ4v) is 2.47. The summed E-state index contributed by atoms with van der Waals surface area (Å²) in [5, 5.41) is 2.87. The first-order valence-corrected chi connectivity index (χ1v) is 7.66. The van der Waals surface area contributed by atoms with Crippen LogP contribution in [0.2, 0.25) is 0 Å². The number of nitrogens with zero attached hydrogens (tertiary/aromatic N) is 1. The van der Waals surface area contributed by atoms with E-state index in [1.165, 1.54) is 0 Å². The number of ether oxygens (including phenoxy) is 1. The Bertz CT molecular complexity index is 674. The van der Waals surface area contributed by atoms with E-state index in [9.17, 15) is 4.79 Å². The van der Waals surface area contributed by atoms with Gasteiger partial charge in [0, 0.05) is 37.7 Å². The fourth-order valence-electron chi connectivity index (χ4n) is 2.47. The molecule has 1 aliphatic rings. The third-order valence-corrected chi connectivity index (χ3v) is 3.91. The molecule has 23 heavy (non-hydrogen) atoms. The second kappa shape index (κ2) is 7.11. The number of nitrogens with one attached hydrogen (secondary N) is 1. The lowest BCUT2D eigenvalue weighted by Gasteiger charge is -2.40. The first kappa shape index (κ1) is 15.3. The summed E-state index contributed by atoms with van der Waals surface area (Å²) in [4.78, 5) is 14.2. The first-order valence-electron chi connectivity index (χ1n) is 7.66. The molecular formula is C19H20N2O2. The van der Waals surface area contributed by atoms with Crippen molar-refractivity contribution in [3.8, 4) is 0 Å². The number of hydrogen-bond acceptors (Lipinski definition) is 3. The molecule has 0 atom stereocenters. The largest absolute Gasteiger partial charge is 0.378 e. The van der Waals surface area contributed by atoms with Gasteiger partial charge in [0.15, 0.2) is 0 Å². The minimum Gasteiger partial charge on any atom is -0.378 e. The second-order valence-corrected chi connectivity index (χ2v) is 5.54. The number of hydrogen-bond donors (Lipinski definition) is 1. The summed E-state index contributed by atoms with van der Waals surface area (Å²) in [6.45, 7) is 1.84. The van der Waals surface area contributed by atoms with Crippen LogP contribution in [0.15, 0.2) is 60.7 Å². The predicted octanol–water partition coefficient (Wildman–Crippen LogP) is 3.17. The number of carbonyl (C=O) groups excluding carboxylic acids is 1. The Morgan fingerprint density at radius 1 is 1.13 bits per heavy atom. The molecule has 2 aromatic rings. The molecule has 1 saturated heterocycles. The van der Waals surface area contributed by atoms with E-state index in [4.69, 9.17) is 4.74 Å². The van der Waals surface area contributed by atoms with Crippen LogP contribution in [0.3, 0.4) is 0 Å².